The third-order valence-corrected chi connectivity index (χ3v) is 4.41. The Hall–Kier alpha value is -0.660. The first-order valence-electron chi connectivity index (χ1n) is 5.45. The van der Waals surface area contributed by atoms with Crippen molar-refractivity contribution in [2.75, 3.05) is 19.4 Å². The lowest BCUT2D eigenvalue weighted by Crippen LogP contribution is -2.55. The first-order valence-corrected chi connectivity index (χ1v) is 7.10. The number of nitrogens with two attached hydrogens (primary N) is 1. The molecule has 7 heteroatoms. The number of methoxy groups -OCH3 is 1. The molecule has 0 rings (SSSR count). The summed E-state index contributed by atoms with van der Waals surface area (Å²) in [5.41, 5.74) is 4.88. The molecule has 0 aliphatic heterocycles. The Morgan fingerprint density at radius 3 is 2.35 bits per heavy atom. The van der Waals surface area contributed by atoms with Crippen LogP contribution in [0.4, 0.5) is 0 Å². The highest BCUT2D eigenvalue weighted by Gasteiger charge is 2.31. The van der Waals surface area contributed by atoms with Gasteiger partial charge in [-0.2, -0.15) is 0 Å². The summed E-state index contributed by atoms with van der Waals surface area (Å²) in [5, 5.41) is 0. The Morgan fingerprint density at radius 2 is 2.00 bits per heavy atom. The molecule has 0 aromatic rings. The van der Waals surface area contributed by atoms with E-state index in [2.05, 4.69) is 9.46 Å². The summed E-state index contributed by atoms with van der Waals surface area (Å²) in [7, 11) is -2.31. The van der Waals surface area contributed by atoms with E-state index in [1.54, 1.807) is 6.92 Å². The van der Waals surface area contributed by atoms with Gasteiger partial charge in [-0.1, -0.05) is 13.8 Å². The molecule has 0 aromatic heterocycles. The van der Waals surface area contributed by atoms with Crippen molar-refractivity contribution in [3.63, 3.8) is 0 Å². The average molecular weight is 266 g/mol. The number of carbonyl (C=O) groups is 1. The molecule has 17 heavy (non-hydrogen) atoms. The SMILES string of the molecule is COC(=O)CCS(=O)(=O)NC(C)(CN)C(C)C. The zero-order chi connectivity index (χ0) is 13.7. The molecule has 0 saturated heterocycles. The van der Waals surface area contributed by atoms with Crippen LogP contribution >= 0.6 is 0 Å². The molecule has 0 spiro atoms. The number of hydrogen-bond donors (Lipinski definition) is 2. The third kappa shape index (κ3) is 5.47. The fourth-order valence-corrected chi connectivity index (χ4v) is 2.69. The van der Waals surface area contributed by atoms with Crippen molar-refractivity contribution in [2.24, 2.45) is 11.7 Å². The smallest absolute Gasteiger partial charge is 0.306 e. The summed E-state index contributed by atoms with van der Waals surface area (Å²) in [5.74, 6) is -0.781. The Balaban J connectivity index is 4.59. The van der Waals surface area contributed by atoms with Crippen molar-refractivity contribution in [3.8, 4) is 0 Å². The summed E-state index contributed by atoms with van der Waals surface area (Å²) in [6, 6.07) is 0. The van der Waals surface area contributed by atoms with Gasteiger partial charge in [0.2, 0.25) is 10.0 Å². The van der Waals surface area contributed by atoms with Crippen molar-refractivity contribution in [3.05, 3.63) is 0 Å². The van der Waals surface area contributed by atoms with E-state index in [1.807, 2.05) is 13.8 Å². The van der Waals surface area contributed by atoms with E-state index in [0.29, 0.717) is 0 Å². The number of ether oxygens (including phenoxy) is 1. The van der Waals surface area contributed by atoms with Gasteiger partial charge in [-0.25, -0.2) is 13.1 Å². The average Bonchev–Trinajstić information content (AvgIpc) is 2.25. The second-order valence-corrected chi connectivity index (χ2v) is 6.37. The molecule has 1 unspecified atom stereocenters. The van der Waals surface area contributed by atoms with Gasteiger partial charge in [-0.15, -0.1) is 0 Å². The van der Waals surface area contributed by atoms with Crippen molar-refractivity contribution in [1.29, 1.82) is 0 Å². The number of sulfonamides is 1. The van der Waals surface area contributed by atoms with Gasteiger partial charge in [0.1, 0.15) is 0 Å². The molecule has 0 aliphatic carbocycles. The number of hydrogen-bond acceptors (Lipinski definition) is 5. The second-order valence-electron chi connectivity index (χ2n) is 4.52. The van der Waals surface area contributed by atoms with Crippen LogP contribution < -0.4 is 10.5 Å². The molecule has 0 fully saturated rings. The van der Waals surface area contributed by atoms with Crippen LogP contribution in [0.5, 0.6) is 0 Å². The Kier molecular flexibility index (Phi) is 6.08. The van der Waals surface area contributed by atoms with Gasteiger partial charge in [-0.3, -0.25) is 4.79 Å². The lowest BCUT2D eigenvalue weighted by Gasteiger charge is -2.33. The summed E-state index contributed by atoms with van der Waals surface area (Å²) < 4.78 is 30.4. The summed E-state index contributed by atoms with van der Waals surface area (Å²) >= 11 is 0. The van der Waals surface area contributed by atoms with Crippen LogP contribution in [-0.2, 0) is 19.6 Å². The monoisotopic (exact) mass is 266 g/mol. The van der Waals surface area contributed by atoms with Crippen LogP contribution in [0.15, 0.2) is 0 Å². The number of rotatable bonds is 7. The maximum Gasteiger partial charge on any atom is 0.306 e. The molecule has 0 aliphatic rings. The maximum atomic E-state index is 11.8. The fraction of sp³-hybridized carbons (Fsp3) is 0.900. The van der Waals surface area contributed by atoms with Gasteiger partial charge in [0, 0.05) is 12.1 Å². The molecule has 0 heterocycles. The third-order valence-electron chi connectivity index (χ3n) is 2.89. The van der Waals surface area contributed by atoms with Crippen LogP contribution in [0.1, 0.15) is 27.2 Å². The molecule has 0 amide bonds. The van der Waals surface area contributed by atoms with E-state index in [-0.39, 0.29) is 24.6 Å². The highest BCUT2D eigenvalue weighted by molar-refractivity contribution is 7.89. The molecule has 1 atom stereocenters. The zero-order valence-corrected chi connectivity index (χ0v) is 11.6. The molecule has 6 nitrogen and oxygen atoms in total. The van der Waals surface area contributed by atoms with E-state index in [4.69, 9.17) is 5.73 Å². The molecular formula is C10H22N2O4S. The van der Waals surface area contributed by atoms with Crippen LogP contribution in [0.3, 0.4) is 0 Å². The highest BCUT2D eigenvalue weighted by Crippen LogP contribution is 2.16. The maximum absolute atomic E-state index is 11.8. The van der Waals surface area contributed by atoms with Gasteiger partial charge in [0.05, 0.1) is 19.3 Å². The van der Waals surface area contributed by atoms with Crippen LogP contribution in [0.25, 0.3) is 0 Å². The topological polar surface area (TPSA) is 98.5 Å². The molecule has 102 valence electrons. The minimum absolute atomic E-state index is 0.0559. The predicted molar refractivity (Wildman–Crippen MR) is 65.9 cm³/mol. The largest absolute Gasteiger partial charge is 0.469 e. The minimum atomic E-state index is -3.53. The Morgan fingerprint density at radius 1 is 1.47 bits per heavy atom. The summed E-state index contributed by atoms with van der Waals surface area (Å²) in [6.07, 6.45) is -0.162. The normalized spacial score (nSPS) is 15.6. The molecule has 3 N–H and O–H groups in total. The van der Waals surface area contributed by atoms with Crippen LogP contribution in [0.2, 0.25) is 0 Å². The quantitative estimate of drug-likeness (QED) is 0.624. The molecule has 0 saturated carbocycles. The predicted octanol–water partition coefficient (Wildman–Crippen LogP) is -0.158. The number of nitrogens with one attached hydrogen (secondary N) is 1. The molecule has 0 radical (unpaired) electrons. The van der Waals surface area contributed by atoms with Crippen molar-refractivity contribution in [2.45, 2.75) is 32.7 Å². The van der Waals surface area contributed by atoms with Gasteiger partial charge in [0.25, 0.3) is 0 Å². The van der Waals surface area contributed by atoms with E-state index in [0.717, 1.165) is 0 Å². The van der Waals surface area contributed by atoms with E-state index in [1.165, 1.54) is 7.11 Å². The highest BCUT2D eigenvalue weighted by atomic mass is 32.2. The van der Waals surface area contributed by atoms with E-state index >= 15 is 0 Å². The van der Waals surface area contributed by atoms with E-state index in [9.17, 15) is 13.2 Å². The van der Waals surface area contributed by atoms with Crippen molar-refractivity contribution >= 4 is 16.0 Å². The molecular weight excluding hydrogens is 244 g/mol. The lowest BCUT2D eigenvalue weighted by molar-refractivity contribution is -0.140. The fourth-order valence-electron chi connectivity index (χ4n) is 1.12. The van der Waals surface area contributed by atoms with Crippen molar-refractivity contribution < 1.29 is 17.9 Å². The first-order chi connectivity index (χ1) is 7.67. The standard InChI is InChI=1S/C10H22N2O4S/c1-8(2)10(3,7-11)12-17(14,15)6-5-9(13)16-4/h8,12H,5-7,11H2,1-4H3. The van der Waals surface area contributed by atoms with Gasteiger partial charge < -0.3 is 10.5 Å². The number of carbonyl (C=O) groups excluding carboxylic acids is 1. The molecule has 0 bridgehead atoms. The van der Waals surface area contributed by atoms with E-state index < -0.39 is 21.5 Å². The van der Waals surface area contributed by atoms with Gasteiger partial charge in [-0.05, 0) is 12.8 Å². The molecule has 0 aromatic carbocycles. The minimum Gasteiger partial charge on any atom is -0.469 e. The van der Waals surface area contributed by atoms with Crippen molar-refractivity contribution in [1.82, 2.24) is 4.72 Å². The Labute approximate surface area is 103 Å². The second kappa shape index (κ2) is 6.32. The first kappa shape index (κ1) is 16.3. The lowest BCUT2D eigenvalue weighted by atomic mass is 9.90. The summed E-state index contributed by atoms with van der Waals surface area (Å²) in [6.45, 7) is 5.71. The number of esters is 1. The summed E-state index contributed by atoms with van der Waals surface area (Å²) in [4.78, 5) is 10.9. The van der Waals surface area contributed by atoms with Gasteiger partial charge in [0.15, 0.2) is 0 Å². The van der Waals surface area contributed by atoms with Crippen LogP contribution in [0, 0.1) is 5.92 Å². The Bertz CT molecular complexity index is 353. The van der Waals surface area contributed by atoms with Gasteiger partial charge >= 0.3 is 5.97 Å². The zero-order valence-electron chi connectivity index (χ0n) is 10.8. The van der Waals surface area contributed by atoms with Crippen LogP contribution in [-0.4, -0.2) is 39.3 Å².